The van der Waals surface area contributed by atoms with Crippen molar-refractivity contribution in [3.63, 3.8) is 0 Å². The second kappa shape index (κ2) is 18.2. The minimum Gasteiger partial charge on any atom is -0.385 e. The highest BCUT2D eigenvalue weighted by Gasteiger charge is 2.13. The maximum absolute atomic E-state index is 12.2. The van der Waals surface area contributed by atoms with Gasteiger partial charge in [-0.1, -0.05) is 42.5 Å². The molecule has 5 aromatic carbocycles. The summed E-state index contributed by atoms with van der Waals surface area (Å²) in [5.41, 5.74) is 11.2. The number of aliphatic imine (C=N–C) groups is 1. The molecule has 0 amide bonds. The van der Waals surface area contributed by atoms with E-state index in [0.29, 0.717) is 10.8 Å². The van der Waals surface area contributed by atoms with Gasteiger partial charge in [0.05, 0.1) is 22.2 Å². The first-order chi connectivity index (χ1) is 28.5. The quantitative estimate of drug-likeness (QED) is 0.0386. The molecule has 300 valence electrons. The number of allylic oxidation sites excluding steroid dienone is 4. The van der Waals surface area contributed by atoms with Crippen LogP contribution in [0.15, 0.2) is 136 Å². The predicted octanol–water partition coefficient (Wildman–Crippen LogP) is 7.98. The van der Waals surface area contributed by atoms with Crippen LogP contribution in [0.2, 0.25) is 0 Å². The van der Waals surface area contributed by atoms with Crippen LogP contribution in [-0.2, 0) is 6.54 Å². The molecule has 1 heterocycles. The molecular formula is C49H53N8O2+. The van der Waals surface area contributed by atoms with Crippen molar-refractivity contribution in [2.75, 3.05) is 70.5 Å². The van der Waals surface area contributed by atoms with Crippen LogP contribution < -0.4 is 31.6 Å². The maximum Gasteiger partial charge on any atom is 0.270 e. The standard InChI is InChI=1S/C49H52N8O2/c1-55(2)39-18-10-34(11-19-39)44(35-12-20-40(21-13-35)56(3)4)30-36-14-26-47(52-37-15-22-41(23-16-37)57(5)6)45-29-33(9-24-42(36)45)32-50-27-7-8-28-51-38-17-25-43-46(31-38)49(59)54-53-48(43)58/h9-26,29-31,50,52H,7-8,27-28,32H2,1-6H3,(H,51,58)/p+1. The summed E-state index contributed by atoms with van der Waals surface area (Å²) < 4.78 is 2.09. The molecule has 1 aliphatic rings. The van der Waals surface area contributed by atoms with Crippen LogP contribution in [0.5, 0.6) is 0 Å². The number of nitrogens with one attached hydrogen (secondary N) is 4. The molecule has 0 saturated heterocycles. The Kier molecular flexibility index (Phi) is 12.5. The third kappa shape index (κ3) is 9.68. The van der Waals surface area contributed by atoms with E-state index in [-0.39, 0.29) is 11.1 Å². The van der Waals surface area contributed by atoms with Gasteiger partial charge in [0.25, 0.3) is 11.1 Å². The molecule has 0 atom stereocenters. The van der Waals surface area contributed by atoms with Crippen molar-refractivity contribution < 1.29 is 4.58 Å². The number of fused-ring (bicyclic) bond motifs is 2. The van der Waals surface area contributed by atoms with Gasteiger partial charge >= 0.3 is 0 Å². The summed E-state index contributed by atoms with van der Waals surface area (Å²) in [6.07, 6.45) is 12.6. The summed E-state index contributed by atoms with van der Waals surface area (Å²) in [6.45, 7) is 2.33. The summed E-state index contributed by atoms with van der Waals surface area (Å²) in [7, 11) is 12.3. The first-order valence-electron chi connectivity index (χ1n) is 20.1. The minimum atomic E-state index is -0.310. The summed E-state index contributed by atoms with van der Waals surface area (Å²) in [4.78, 5) is 33.6. The number of benzene rings is 5. The predicted molar refractivity (Wildman–Crippen MR) is 250 cm³/mol. The highest BCUT2D eigenvalue weighted by Crippen LogP contribution is 2.35. The zero-order valence-electron chi connectivity index (χ0n) is 34.8. The maximum atomic E-state index is 12.2. The molecule has 0 saturated carbocycles. The largest absolute Gasteiger partial charge is 0.385 e. The van der Waals surface area contributed by atoms with Crippen molar-refractivity contribution in [3.05, 3.63) is 164 Å². The molecule has 0 unspecified atom stereocenters. The number of aromatic nitrogens is 2. The number of hydrogen-bond acceptors (Lipinski definition) is 7. The van der Waals surface area contributed by atoms with Gasteiger partial charge in [0, 0.05) is 75.9 Å². The van der Waals surface area contributed by atoms with Crippen molar-refractivity contribution in [3.8, 4) is 0 Å². The summed E-state index contributed by atoms with van der Waals surface area (Å²) >= 11 is 0. The van der Waals surface area contributed by atoms with Gasteiger partial charge in [0.1, 0.15) is 14.1 Å². The van der Waals surface area contributed by atoms with Gasteiger partial charge in [0.2, 0.25) is 0 Å². The van der Waals surface area contributed by atoms with Gasteiger partial charge in [-0.2, -0.15) is 0 Å². The summed E-state index contributed by atoms with van der Waals surface area (Å²) in [6, 6.07) is 33.8. The van der Waals surface area contributed by atoms with Gasteiger partial charge in [-0.15, -0.1) is 0 Å². The molecule has 4 N–H and O–H groups in total. The van der Waals surface area contributed by atoms with E-state index in [1.165, 1.54) is 5.56 Å². The van der Waals surface area contributed by atoms with Crippen molar-refractivity contribution in [2.45, 2.75) is 19.4 Å². The molecule has 10 heteroatoms. The van der Waals surface area contributed by atoms with Gasteiger partial charge < -0.3 is 20.4 Å². The SMILES string of the molecule is CN(C)c1ccc(C(=Cc2ccc(N=C3C=CC(=[N+](C)C)C=C3)c3cc(CNCCCCNc4ccc5c(=O)[nH][nH]c(=O)c5c4)ccc23)c2ccc(N(C)C)cc2)cc1. The number of rotatable bonds is 14. The molecule has 7 rings (SSSR count). The number of H-pyrrole nitrogens is 2. The molecule has 0 bridgehead atoms. The van der Waals surface area contributed by atoms with E-state index >= 15 is 0 Å². The smallest absolute Gasteiger partial charge is 0.270 e. The minimum absolute atomic E-state index is 0.306. The molecule has 0 spiro atoms. The normalized spacial score (nSPS) is 12.2. The van der Waals surface area contributed by atoms with Crippen molar-refractivity contribution in [1.29, 1.82) is 0 Å². The Labute approximate surface area is 345 Å². The van der Waals surface area contributed by atoms with E-state index in [2.05, 4.69) is 173 Å². The van der Waals surface area contributed by atoms with Gasteiger partial charge in [-0.25, -0.2) is 9.57 Å². The first-order valence-corrected chi connectivity index (χ1v) is 20.1. The highest BCUT2D eigenvalue weighted by atomic mass is 16.1. The Hall–Kier alpha value is -6.78. The molecule has 0 radical (unpaired) electrons. The summed E-state index contributed by atoms with van der Waals surface area (Å²) in [5.74, 6) is 0. The third-order valence-corrected chi connectivity index (χ3v) is 10.6. The van der Waals surface area contributed by atoms with Crippen molar-refractivity contribution in [1.82, 2.24) is 15.5 Å². The van der Waals surface area contributed by atoms with Crippen molar-refractivity contribution >= 4 is 67.4 Å². The Bertz CT molecular complexity index is 2670. The van der Waals surface area contributed by atoms with Crippen LogP contribution in [0.25, 0.3) is 33.2 Å². The van der Waals surface area contributed by atoms with E-state index in [0.717, 1.165) is 99.7 Å². The fourth-order valence-corrected chi connectivity index (χ4v) is 7.20. The van der Waals surface area contributed by atoms with Gasteiger partial charge in [-0.05, 0) is 125 Å². The van der Waals surface area contributed by atoms with Crippen LogP contribution in [0.4, 0.5) is 22.7 Å². The topological polar surface area (TPSA) is 112 Å². The Morgan fingerprint density at radius 3 is 1.90 bits per heavy atom. The number of hydrogen-bond donors (Lipinski definition) is 4. The van der Waals surface area contributed by atoms with E-state index in [1.54, 1.807) is 12.1 Å². The lowest BCUT2D eigenvalue weighted by Gasteiger charge is -2.17. The number of aromatic amines is 2. The fraction of sp³-hybridized carbons (Fsp3) is 0.224. The first kappa shape index (κ1) is 40.4. The second-order valence-corrected chi connectivity index (χ2v) is 15.5. The van der Waals surface area contributed by atoms with Gasteiger partial charge in [-0.3, -0.25) is 19.8 Å². The third-order valence-electron chi connectivity index (χ3n) is 10.6. The Balaban J connectivity index is 1.14. The number of unbranched alkanes of at least 4 members (excludes halogenated alkanes) is 1. The molecule has 0 aliphatic heterocycles. The number of anilines is 3. The van der Waals surface area contributed by atoms with E-state index < -0.39 is 0 Å². The zero-order valence-corrected chi connectivity index (χ0v) is 34.8. The molecule has 59 heavy (non-hydrogen) atoms. The molecule has 10 nitrogen and oxygen atoms in total. The Morgan fingerprint density at radius 2 is 1.27 bits per heavy atom. The lowest BCUT2D eigenvalue weighted by atomic mass is 9.92. The lowest BCUT2D eigenvalue weighted by Crippen LogP contribution is -2.19. The molecule has 1 aromatic heterocycles. The molecular weight excluding hydrogens is 733 g/mol. The second-order valence-electron chi connectivity index (χ2n) is 15.5. The van der Waals surface area contributed by atoms with E-state index in [4.69, 9.17) is 4.99 Å². The fourth-order valence-electron chi connectivity index (χ4n) is 7.20. The lowest BCUT2D eigenvalue weighted by molar-refractivity contribution is -0.462. The van der Waals surface area contributed by atoms with E-state index in [1.807, 2.05) is 20.2 Å². The molecule has 1 aliphatic carbocycles. The van der Waals surface area contributed by atoms with Gasteiger partial charge in [0.15, 0.2) is 5.71 Å². The highest BCUT2D eigenvalue weighted by molar-refractivity contribution is 6.18. The van der Waals surface area contributed by atoms with Crippen LogP contribution in [-0.4, -0.2) is 81.6 Å². The van der Waals surface area contributed by atoms with Crippen molar-refractivity contribution in [2.24, 2.45) is 4.99 Å². The van der Waals surface area contributed by atoms with Crippen LogP contribution in [0.3, 0.4) is 0 Å². The number of nitrogens with zero attached hydrogens (tertiary/aromatic N) is 4. The zero-order chi connectivity index (χ0) is 41.5. The van der Waals surface area contributed by atoms with E-state index in [9.17, 15) is 9.59 Å². The molecule has 0 fully saturated rings. The van der Waals surface area contributed by atoms with Crippen LogP contribution >= 0.6 is 0 Å². The average molecular weight is 786 g/mol. The monoisotopic (exact) mass is 785 g/mol. The summed E-state index contributed by atoms with van der Waals surface area (Å²) in [5, 5.41) is 14.8. The Morgan fingerprint density at radius 1 is 0.661 bits per heavy atom. The average Bonchev–Trinajstić information content (AvgIpc) is 3.24. The van der Waals surface area contributed by atoms with Crippen LogP contribution in [0, 0.1) is 0 Å². The van der Waals surface area contributed by atoms with Crippen LogP contribution in [0.1, 0.15) is 35.1 Å². The molecule has 6 aromatic rings.